The molecule has 4 aromatic rings. The van der Waals surface area contributed by atoms with Crippen molar-refractivity contribution in [2.75, 3.05) is 70.1 Å². The van der Waals surface area contributed by atoms with E-state index in [1.54, 1.807) is 27.9 Å². The maximum atomic E-state index is 16.1. The number of thioether (sulfide) groups is 1. The molecule has 0 bridgehead atoms. The Kier molecular flexibility index (Phi) is 37.1. The number of aromatic nitrogens is 8. The number of carbonyl (C=O) groups is 2. The summed E-state index contributed by atoms with van der Waals surface area (Å²) in [7, 11) is -5.43. The number of aliphatic hydroxyl groups is 1. The Balaban J connectivity index is 0.000000421. The number of ether oxygens (including phenoxy) is 4. The summed E-state index contributed by atoms with van der Waals surface area (Å²) in [5.41, 5.74) is -3.41. The Morgan fingerprint density at radius 2 is 1.17 bits per heavy atom. The second kappa shape index (κ2) is 42.8. The van der Waals surface area contributed by atoms with Gasteiger partial charge in [-0.1, -0.05) is 214 Å². The van der Waals surface area contributed by atoms with Gasteiger partial charge in [-0.15, -0.1) is 0 Å². The summed E-state index contributed by atoms with van der Waals surface area (Å²) < 4.78 is 111. The Morgan fingerprint density at radius 1 is 0.707 bits per heavy atom. The molecule has 0 saturated carbocycles. The summed E-state index contributed by atoms with van der Waals surface area (Å²) in [5, 5.41) is 16.8. The van der Waals surface area contributed by atoms with E-state index in [1.165, 1.54) is 164 Å². The minimum atomic E-state index is -4.78. The number of hydrogen-bond acceptors (Lipinski definition) is 23. The predicted molar refractivity (Wildman–Crippen MR) is 383 cm³/mol. The van der Waals surface area contributed by atoms with E-state index in [-0.39, 0.29) is 50.2 Å². The highest BCUT2D eigenvalue weighted by molar-refractivity contribution is 8.13. The van der Waals surface area contributed by atoms with E-state index in [0.29, 0.717) is 53.0 Å². The van der Waals surface area contributed by atoms with Crippen LogP contribution >= 0.6 is 27.4 Å². The molecular weight excluding hydrogens is 1340 g/mol. The third kappa shape index (κ3) is 27.0. The van der Waals surface area contributed by atoms with Gasteiger partial charge in [0.1, 0.15) is 42.2 Å². The van der Waals surface area contributed by atoms with Crippen LogP contribution in [0.25, 0.3) is 22.3 Å². The molecule has 4 aromatic heterocycles. The molecule has 3 saturated heterocycles. The molecule has 99 heavy (non-hydrogen) atoms. The summed E-state index contributed by atoms with van der Waals surface area (Å²) in [6.07, 6.45) is 27.6. The average molecular weight is 1460 g/mol. The van der Waals surface area contributed by atoms with E-state index in [9.17, 15) is 28.7 Å². The van der Waals surface area contributed by atoms with Crippen LogP contribution in [-0.2, 0) is 60.3 Å². The van der Waals surface area contributed by atoms with Gasteiger partial charge >= 0.3 is 21.6 Å². The van der Waals surface area contributed by atoms with Crippen LogP contribution < -0.4 is 10.6 Å². The van der Waals surface area contributed by atoms with Crippen molar-refractivity contribution >= 4 is 72.5 Å². The van der Waals surface area contributed by atoms with Gasteiger partial charge in [-0.05, 0) is 40.5 Å². The number of phosphoric ester groups is 2. The highest BCUT2D eigenvalue weighted by Gasteiger charge is 2.62. The highest BCUT2D eigenvalue weighted by Crippen LogP contribution is 2.60. The zero-order chi connectivity index (χ0) is 71.4. The number of imidazole rings is 2. The number of aliphatic hydroxyl groups excluding tert-OH is 1. The van der Waals surface area contributed by atoms with Crippen LogP contribution in [-0.4, -0.2) is 161 Å². The number of nitrogens with one attached hydrogen (secondary N) is 2. The van der Waals surface area contributed by atoms with Crippen LogP contribution in [0.3, 0.4) is 0 Å². The normalized spacial score (nSPS) is 23.9. The van der Waals surface area contributed by atoms with Crippen LogP contribution in [0.1, 0.15) is 260 Å². The van der Waals surface area contributed by atoms with Gasteiger partial charge in [0.2, 0.25) is 0 Å². The Labute approximate surface area is 591 Å². The van der Waals surface area contributed by atoms with Crippen molar-refractivity contribution in [2.45, 2.75) is 304 Å². The minimum Gasteiger partial charge on any atom is -0.457 e. The van der Waals surface area contributed by atoms with E-state index in [2.05, 4.69) is 54.4 Å². The van der Waals surface area contributed by atoms with Crippen LogP contribution in [0, 0.1) is 19.3 Å². The number of aryl methyl sites for hydroxylation is 2. The number of unbranched alkanes of at least 4 members (excludes halogenated alkanes) is 25. The zero-order valence-corrected chi connectivity index (χ0v) is 62.9. The molecule has 3 fully saturated rings. The number of hydrogen-bond donors (Lipinski definition) is 4. The zero-order valence-electron chi connectivity index (χ0n) is 60.3. The Hall–Kier alpha value is -3.89. The summed E-state index contributed by atoms with van der Waals surface area (Å²) in [6, 6.07) is 0. The third-order valence-corrected chi connectivity index (χ3v) is 21.5. The molecule has 0 radical (unpaired) electrons. The minimum absolute atomic E-state index is 0. The largest absolute Gasteiger partial charge is 0.475 e. The third-order valence-electron chi connectivity index (χ3n) is 17.8. The molecule has 25 nitrogen and oxygen atoms in total. The van der Waals surface area contributed by atoms with Gasteiger partial charge in [-0.2, -0.15) is 0 Å². The first kappa shape index (κ1) is 85.8. The predicted octanol–water partition coefficient (Wildman–Crippen LogP) is 16.5. The number of nitrogens with zero attached hydrogens (tertiary/aromatic N) is 8. The molecule has 566 valence electrons. The monoisotopic (exact) mass is 1460 g/mol. The molecule has 7 heterocycles. The van der Waals surface area contributed by atoms with E-state index < -0.39 is 94.6 Å². The van der Waals surface area contributed by atoms with Gasteiger partial charge in [0.25, 0.3) is 0 Å². The highest BCUT2D eigenvalue weighted by atomic mass is 32.2. The number of halogens is 2. The second-order valence-electron chi connectivity index (χ2n) is 27.5. The molecule has 3 aliphatic rings. The molecule has 0 amide bonds. The number of phosphoric acid groups is 2. The number of alkyl halides is 2. The standard InChI is InChI=1S/C48H87FN5O9P.C20H29FN5O6PS.CH4/c1-6-8-10-12-14-16-18-20-22-24-26-28-30-32-34-59-35-40(62-42(55)33-31-29-27-25-23-21-19-17-15-13-11-9-7-2)36-60-64(57,58)61-37-41-44(56)48(4,49)47(63-41)54-38-51-43-45(50-5)52-39(3)53-46(43)54;1-11-24-15(22-6)13-16(25-11)26(10-23-13)17-20(5,21)14-12(31-17)9-30-33(28,32-14)29-7-8-34-18(27)19(2,3)4;/h38,40-41,44,47,56H,6-37H2,1-5H3,(H,57,58)(H,50,52,53);10,12,14,17H,7-9H2,1-6H3,(H,22,24,25);1H4/t40?,41-,44-,47-,48-;12-,14-,17-,20-,33?;/m11./s1. The maximum absolute atomic E-state index is 16.1. The fourth-order valence-electron chi connectivity index (χ4n) is 12.1. The van der Waals surface area contributed by atoms with Crippen molar-refractivity contribution < 1.29 is 79.1 Å². The number of rotatable bonds is 46. The SMILES string of the molecule is C.CCCCCCCCCCCCCCCCOCC(COP(=O)(O)OC[C@H]1O[C@@H](n2cnc3c(NC)nc(C)nc32)[C@](C)(F)[C@@H]1O)OC(=O)CCCCCCCCCCCCCCC.CNc1nc(C)nc2c1ncn2[C@@H]1O[C@@H]2COP(=O)(OCCSC(=O)C(C)(C)C)O[C@H]2[C@@]1(C)F. The van der Waals surface area contributed by atoms with E-state index in [4.69, 9.17) is 41.6 Å². The fourth-order valence-corrected chi connectivity index (χ4v) is 15.3. The van der Waals surface area contributed by atoms with Crippen molar-refractivity contribution in [2.24, 2.45) is 5.41 Å². The lowest BCUT2D eigenvalue weighted by Crippen LogP contribution is -2.44. The Bertz CT molecular complexity index is 3130. The van der Waals surface area contributed by atoms with Crippen LogP contribution in [0.15, 0.2) is 12.7 Å². The molecule has 3 unspecified atom stereocenters. The first-order chi connectivity index (χ1) is 46.8. The van der Waals surface area contributed by atoms with Crippen molar-refractivity contribution in [1.82, 2.24) is 39.0 Å². The molecule has 0 spiro atoms. The topological polar surface area (TPSA) is 303 Å². The molecule has 7 rings (SSSR count). The average Bonchev–Trinajstić information content (AvgIpc) is 1.58. The Morgan fingerprint density at radius 3 is 1.65 bits per heavy atom. The molecule has 4 N–H and O–H groups in total. The van der Waals surface area contributed by atoms with Gasteiger partial charge in [0, 0.05) is 38.3 Å². The first-order valence-corrected chi connectivity index (χ1v) is 40.0. The van der Waals surface area contributed by atoms with Gasteiger partial charge in [-0.25, -0.2) is 47.8 Å². The van der Waals surface area contributed by atoms with Crippen LogP contribution in [0.2, 0.25) is 0 Å². The molecule has 0 aromatic carbocycles. The number of carbonyl (C=O) groups excluding carboxylic acids is 2. The van der Waals surface area contributed by atoms with Gasteiger partial charge in [0.05, 0.1) is 45.7 Å². The summed E-state index contributed by atoms with van der Waals surface area (Å²) in [6.45, 7) is 14.9. The lowest BCUT2D eigenvalue weighted by Gasteiger charge is -2.33. The quantitative estimate of drug-likeness (QED) is 0.0181. The van der Waals surface area contributed by atoms with Crippen molar-refractivity contribution in [3.63, 3.8) is 0 Å². The van der Waals surface area contributed by atoms with E-state index >= 15 is 8.78 Å². The summed E-state index contributed by atoms with van der Waals surface area (Å²) in [4.78, 5) is 61.6. The molecular formula is C69H120F2N10O15P2S. The van der Waals surface area contributed by atoms with Gasteiger partial charge in [0.15, 0.2) is 62.9 Å². The second-order valence-corrected chi connectivity index (χ2v) is 31.7. The fraction of sp³-hybridized carbons (Fsp3) is 0.826. The van der Waals surface area contributed by atoms with Crippen molar-refractivity contribution in [1.29, 1.82) is 0 Å². The van der Waals surface area contributed by atoms with Crippen LogP contribution in [0.4, 0.5) is 20.4 Å². The number of anilines is 2. The number of fused-ring (bicyclic) bond motifs is 3. The van der Waals surface area contributed by atoms with Crippen LogP contribution in [0.5, 0.6) is 0 Å². The lowest BCUT2D eigenvalue weighted by atomic mass is 9.98. The van der Waals surface area contributed by atoms with Gasteiger partial charge < -0.3 is 39.6 Å². The smallest absolute Gasteiger partial charge is 0.457 e. The van der Waals surface area contributed by atoms with Crippen molar-refractivity contribution in [3.05, 3.63) is 24.3 Å². The van der Waals surface area contributed by atoms with Crippen molar-refractivity contribution in [3.8, 4) is 0 Å². The summed E-state index contributed by atoms with van der Waals surface area (Å²) >= 11 is 1.07. The maximum Gasteiger partial charge on any atom is 0.475 e. The molecule has 3 aliphatic heterocycles. The van der Waals surface area contributed by atoms with E-state index in [1.807, 2.05) is 20.8 Å². The first-order valence-electron chi connectivity index (χ1n) is 36.1. The summed E-state index contributed by atoms with van der Waals surface area (Å²) in [5.74, 6) is 1.70. The molecule has 11 atom stereocenters. The molecule has 30 heteroatoms. The van der Waals surface area contributed by atoms with E-state index in [0.717, 1.165) is 50.3 Å². The van der Waals surface area contributed by atoms with Gasteiger partial charge in [-0.3, -0.25) is 41.3 Å². The molecule has 0 aliphatic carbocycles. The lowest BCUT2D eigenvalue weighted by molar-refractivity contribution is -0.154. The number of esters is 1.